The summed E-state index contributed by atoms with van der Waals surface area (Å²) >= 11 is 0. The zero-order chi connectivity index (χ0) is 45.0. The van der Waals surface area contributed by atoms with Crippen molar-refractivity contribution in [3.8, 4) is 55.6 Å². The molecule has 318 valence electrons. The Morgan fingerprint density at radius 1 is 0.250 bits per heavy atom. The largest absolute Gasteiger partial charge is 0.455 e. The Bertz CT molecular complexity index is 3980. The molecule has 0 saturated carbocycles. The normalized spacial score (nSPS) is 11.5. The third kappa shape index (κ3) is 6.82. The third-order valence-corrected chi connectivity index (χ3v) is 13.7. The van der Waals surface area contributed by atoms with Crippen LogP contribution in [0.15, 0.2) is 265 Å². The maximum Gasteiger partial charge on any atom is 0.143 e. The lowest BCUT2D eigenvalue weighted by atomic mass is 9.85. The summed E-state index contributed by atoms with van der Waals surface area (Å²) in [7, 11) is 0. The summed E-state index contributed by atoms with van der Waals surface area (Å²) < 4.78 is 6.53. The van der Waals surface area contributed by atoms with Gasteiger partial charge in [-0.1, -0.05) is 206 Å². The van der Waals surface area contributed by atoms with Crippen LogP contribution in [-0.2, 0) is 0 Å². The van der Waals surface area contributed by atoms with Crippen molar-refractivity contribution in [1.29, 1.82) is 0 Å². The van der Waals surface area contributed by atoms with Gasteiger partial charge in [0.15, 0.2) is 0 Å². The molecule has 0 aliphatic heterocycles. The zero-order valence-electron chi connectivity index (χ0n) is 37.2. The quantitative estimate of drug-likeness (QED) is 0.142. The van der Waals surface area contributed by atoms with Crippen molar-refractivity contribution in [1.82, 2.24) is 0 Å². The molecule has 0 bridgehead atoms. The van der Waals surface area contributed by atoms with Gasteiger partial charge in [-0.2, -0.15) is 0 Å². The predicted molar refractivity (Wildman–Crippen MR) is 288 cm³/mol. The van der Waals surface area contributed by atoms with Gasteiger partial charge in [0.1, 0.15) is 11.2 Å². The first-order valence-corrected chi connectivity index (χ1v) is 23.3. The molecule has 0 saturated heterocycles. The number of hydrogen-bond donors (Lipinski definition) is 0. The summed E-state index contributed by atoms with van der Waals surface area (Å²) in [5.74, 6) is 0. The van der Waals surface area contributed by atoms with Crippen LogP contribution in [0.3, 0.4) is 0 Å². The van der Waals surface area contributed by atoms with E-state index in [1.807, 2.05) is 6.07 Å². The lowest BCUT2D eigenvalue weighted by molar-refractivity contribution is 0.670. The number of rotatable bonds is 8. The summed E-state index contributed by atoms with van der Waals surface area (Å²) in [6, 6.07) is 94.4. The molecule has 0 aliphatic rings. The Balaban J connectivity index is 0.915. The molecule has 0 N–H and O–H groups in total. The first-order valence-electron chi connectivity index (χ1n) is 23.3. The maximum absolute atomic E-state index is 6.53. The molecule has 0 fully saturated rings. The molecule has 13 rings (SSSR count). The Hall–Kier alpha value is -8.98. The van der Waals surface area contributed by atoms with E-state index in [1.165, 1.54) is 65.7 Å². The molecule has 68 heavy (non-hydrogen) atoms. The van der Waals surface area contributed by atoms with E-state index < -0.39 is 0 Å². The van der Waals surface area contributed by atoms with Crippen LogP contribution in [0, 0.1) is 0 Å². The van der Waals surface area contributed by atoms with Crippen molar-refractivity contribution in [2.24, 2.45) is 0 Å². The van der Waals surface area contributed by atoms with Gasteiger partial charge in [-0.3, -0.25) is 0 Å². The van der Waals surface area contributed by atoms with Gasteiger partial charge in [-0.05, 0) is 137 Å². The van der Waals surface area contributed by atoms with Crippen molar-refractivity contribution in [2.45, 2.75) is 0 Å². The van der Waals surface area contributed by atoms with Gasteiger partial charge < -0.3 is 9.32 Å². The number of benzene rings is 12. The van der Waals surface area contributed by atoms with E-state index in [1.54, 1.807) is 0 Å². The lowest BCUT2D eigenvalue weighted by Crippen LogP contribution is -2.09. The van der Waals surface area contributed by atoms with Crippen LogP contribution < -0.4 is 4.90 Å². The van der Waals surface area contributed by atoms with Gasteiger partial charge in [0, 0.05) is 33.4 Å². The Morgan fingerprint density at radius 3 is 1.29 bits per heavy atom. The fourth-order valence-electron chi connectivity index (χ4n) is 10.4. The Labute approximate surface area is 395 Å². The minimum atomic E-state index is 0.887. The van der Waals surface area contributed by atoms with Gasteiger partial charge in [-0.15, -0.1) is 0 Å². The van der Waals surface area contributed by atoms with E-state index in [2.05, 4.69) is 260 Å². The smallest absolute Gasteiger partial charge is 0.143 e. The number of anilines is 3. The highest BCUT2D eigenvalue weighted by molar-refractivity contribution is 6.21. The zero-order valence-corrected chi connectivity index (χ0v) is 37.2. The van der Waals surface area contributed by atoms with E-state index in [9.17, 15) is 0 Å². The minimum Gasteiger partial charge on any atom is -0.455 e. The molecule has 0 unspecified atom stereocenters. The van der Waals surface area contributed by atoms with Crippen LogP contribution in [0.25, 0.3) is 110 Å². The molecular weight excluding hydrogens is 823 g/mol. The van der Waals surface area contributed by atoms with Gasteiger partial charge in [-0.25, -0.2) is 0 Å². The second-order valence-electron chi connectivity index (χ2n) is 17.6. The van der Waals surface area contributed by atoms with Crippen molar-refractivity contribution < 1.29 is 4.42 Å². The molecule has 0 radical (unpaired) electrons. The van der Waals surface area contributed by atoms with Gasteiger partial charge in [0.2, 0.25) is 0 Å². The SMILES string of the molecule is c1ccc(-c2c(-c3ccc(N(c4ccc(-c5ccc6ccccc6c5)cc4)c4ccc(-c5ccc6oc7c(-c8ccccc8)cccc7c6c5)cc4)cc3)c3ccccc3c3ccccc23)cc1. The Morgan fingerprint density at radius 2 is 0.691 bits per heavy atom. The van der Waals surface area contributed by atoms with Crippen molar-refractivity contribution in [2.75, 3.05) is 4.90 Å². The fourth-order valence-corrected chi connectivity index (χ4v) is 10.4. The van der Waals surface area contributed by atoms with E-state index in [-0.39, 0.29) is 0 Å². The maximum atomic E-state index is 6.53. The van der Waals surface area contributed by atoms with Crippen LogP contribution >= 0.6 is 0 Å². The molecule has 2 heteroatoms. The second-order valence-corrected chi connectivity index (χ2v) is 17.6. The summed E-state index contributed by atoms with van der Waals surface area (Å²) in [6.45, 7) is 0. The highest BCUT2D eigenvalue weighted by atomic mass is 16.3. The summed E-state index contributed by atoms with van der Waals surface area (Å²) in [5, 5.41) is 9.73. The number of furan rings is 1. The molecule has 1 heterocycles. The molecular formula is C66H43NO. The molecule has 0 aliphatic carbocycles. The molecule has 0 spiro atoms. The average Bonchev–Trinajstić information content (AvgIpc) is 3.80. The van der Waals surface area contributed by atoms with E-state index in [0.717, 1.165) is 61.3 Å². The van der Waals surface area contributed by atoms with Gasteiger partial charge in [0.05, 0.1) is 0 Å². The van der Waals surface area contributed by atoms with Crippen LogP contribution in [0.5, 0.6) is 0 Å². The number of fused-ring (bicyclic) bond motifs is 7. The van der Waals surface area contributed by atoms with E-state index in [4.69, 9.17) is 4.42 Å². The molecule has 0 amide bonds. The van der Waals surface area contributed by atoms with Gasteiger partial charge >= 0.3 is 0 Å². The molecule has 2 nitrogen and oxygen atoms in total. The van der Waals surface area contributed by atoms with Crippen molar-refractivity contribution >= 4 is 71.3 Å². The number of nitrogens with zero attached hydrogens (tertiary/aromatic N) is 1. The molecule has 13 aromatic rings. The monoisotopic (exact) mass is 865 g/mol. The van der Waals surface area contributed by atoms with Crippen LogP contribution in [0.2, 0.25) is 0 Å². The van der Waals surface area contributed by atoms with E-state index in [0.29, 0.717) is 0 Å². The topological polar surface area (TPSA) is 16.4 Å². The molecule has 1 aromatic heterocycles. The average molecular weight is 866 g/mol. The standard InChI is InChI=1S/C66H43NO/c1-3-15-47(16-4-1)56-24-13-25-61-62-43-52(34-41-63(62)68-66(56)61)46-30-37-54(38-31-46)67(53-35-28-45(29-36-53)51-27-26-44-14-7-8-19-50(44)42-51)55-39-32-49(33-40-55)65-60-23-12-10-21-58(60)57-20-9-11-22-59(57)64(65)48-17-5-2-6-18-48/h1-43H. The summed E-state index contributed by atoms with van der Waals surface area (Å²) in [6.07, 6.45) is 0. The van der Waals surface area contributed by atoms with Crippen LogP contribution in [0.1, 0.15) is 0 Å². The summed E-state index contributed by atoms with van der Waals surface area (Å²) in [4.78, 5) is 2.37. The first-order chi connectivity index (χ1) is 33.7. The highest BCUT2D eigenvalue weighted by Crippen LogP contribution is 2.46. The Kier molecular flexibility index (Phi) is 9.54. The van der Waals surface area contributed by atoms with Crippen LogP contribution in [-0.4, -0.2) is 0 Å². The highest BCUT2D eigenvalue weighted by Gasteiger charge is 2.20. The first kappa shape index (κ1) is 39.4. The summed E-state index contributed by atoms with van der Waals surface area (Å²) in [5.41, 5.74) is 16.8. The molecule has 12 aromatic carbocycles. The fraction of sp³-hybridized carbons (Fsp3) is 0. The lowest BCUT2D eigenvalue weighted by Gasteiger charge is -2.26. The van der Waals surface area contributed by atoms with E-state index >= 15 is 0 Å². The molecule has 0 atom stereocenters. The number of para-hydroxylation sites is 1. The minimum absolute atomic E-state index is 0.887. The van der Waals surface area contributed by atoms with Crippen molar-refractivity contribution in [3.63, 3.8) is 0 Å². The van der Waals surface area contributed by atoms with Gasteiger partial charge in [0.25, 0.3) is 0 Å². The number of hydrogen-bond acceptors (Lipinski definition) is 2. The van der Waals surface area contributed by atoms with Crippen LogP contribution in [0.4, 0.5) is 17.1 Å². The van der Waals surface area contributed by atoms with Crippen molar-refractivity contribution in [3.05, 3.63) is 261 Å². The third-order valence-electron chi connectivity index (χ3n) is 13.7. The second kappa shape index (κ2) is 16.5. The predicted octanol–water partition coefficient (Wildman–Crippen LogP) is 18.9.